The number of rotatable bonds is 6. The molecule has 2 atom stereocenters. The highest BCUT2D eigenvalue weighted by Crippen LogP contribution is 2.38. The average molecular weight is 457 g/mol. The maximum Gasteiger partial charge on any atom is 0.308 e. The van der Waals surface area contributed by atoms with E-state index in [4.69, 9.17) is 14.7 Å². The van der Waals surface area contributed by atoms with Crippen LogP contribution in [0.4, 0.5) is 0 Å². The number of thioether (sulfide) groups is 1. The van der Waals surface area contributed by atoms with Gasteiger partial charge in [-0.15, -0.1) is 0 Å². The van der Waals surface area contributed by atoms with E-state index in [0.29, 0.717) is 5.75 Å². The molecule has 0 bridgehead atoms. The van der Waals surface area contributed by atoms with E-state index in [9.17, 15) is 18.0 Å². The van der Waals surface area contributed by atoms with Crippen LogP contribution in [0, 0.1) is 11.8 Å². The lowest BCUT2D eigenvalue weighted by Gasteiger charge is -2.43. The van der Waals surface area contributed by atoms with Gasteiger partial charge < -0.3 is 9.47 Å². The van der Waals surface area contributed by atoms with Gasteiger partial charge in [-0.2, -0.15) is 16.1 Å². The van der Waals surface area contributed by atoms with Gasteiger partial charge in [0.1, 0.15) is 11.8 Å². The lowest BCUT2D eigenvalue weighted by atomic mass is 10.0. The Morgan fingerprint density at radius 2 is 1.97 bits per heavy atom. The first-order valence-corrected chi connectivity index (χ1v) is 11.4. The number of esters is 1. The molecule has 1 aromatic carbocycles. The number of benzene rings is 1. The van der Waals surface area contributed by atoms with Gasteiger partial charge in [0.25, 0.3) is 5.91 Å². The summed E-state index contributed by atoms with van der Waals surface area (Å²) in [6, 6.07) is 4.39. The third kappa shape index (κ3) is 5.46. The van der Waals surface area contributed by atoms with E-state index >= 15 is 0 Å². The summed E-state index contributed by atoms with van der Waals surface area (Å²) in [4.78, 5) is 23.3. The largest absolute Gasteiger partial charge is 0.444 e. The third-order valence-electron chi connectivity index (χ3n) is 4.30. The van der Waals surface area contributed by atoms with E-state index in [-0.39, 0.29) is 17.2 Å². The number of sulfonamides is 1. The zero-order valence-corrected chi connectivity index (χ0v) is 18.7. The fourth-order valence-corrected chi connectivity index (χ4v) is 6.13. The molecule has 0 aromatic heterocycles. The van der Waals surface area contributed by atoms with Gasteiger partial charge in [-0.25, -0.2) is 13.9 Å². The molecule has 1 aliphatic heterocycles. The molecule has 1 aliphatic rings. The normalized spacial score (nSPS) is 19.7. The standard InChI is InChI=1S/C19H24N2O7S2/c1-5-6-16(27-13(2)22)28-14-7-9-15(10-8-14)30(25,26)21-11-12-29-19(3,4)17(21)18(23)20-24/h7-10,16-17,24H,11-12H2,1-4H3,(H,20,23)/t16?,17-/m0/s1. The summed E-state index contributed by atoms with van der Waals surface area (Å²) < 4.78 is 37.2. The van der Waals surface area contributed by atoms with Gasteiger partial charge in [0.2, 0.25) is 10.0 Å². The van der Waals surface area contributed by atoms with Crippen LogP contribution in [0.5, 0.6) is 5.75 Å². The minimum absolute atomic E-state index is 0.0427. The van der Waals surface area contributed by atoms with Crippen molar-refractivity contribution in [2.45, 2.75) is 49.7 Å². The lowest BCUT2D eigenvalue weighted by molar-refractivity contribution is -0.154. The second-order valence-corrected chi connectivity index (χ2v) is 10.5. The van der Waals surface area contributed by atoms with Gasteiger partial charge in [0.15, 0.2) is 0 Å². The zero-order valence-electron chi connectivity index (χ0n) is 17.0. The number of amides is 1. The van der Waals surface area contributed by atoms with Crippen molar-refractivity contribution in [2.24, 2.45) is 0 Å². The first kappa shape index (κ1) is 24.0. The van der Waals surface area contributed by atoms with Gasteiger partial charge in [-0.3, -0.25) is 14.8 Å². The minimum atomic E-state index is -4.03. The summed E-state index contributed by atoms with van der Waals surface area (Å²) in [5, 5.41) is 9.11. The number of nitrogens with one attached hydrogen (secondary N) is 1. The highest BCUT2D eigenvalue weighted by Gasteiger charge is 2.48. The maximum absolute atomic E-state index is 13.2. The summed E-state index contributed by atoms with van der Waals surface area (Å²) in [6.07, 6.45) is -1.12. The van der Waals surface area contributed by atoms with Crippen LogP contribution in [-0.2, 0) is 24.3 Å². The Morgan fingerprint density at radius 3 is 2.50 bits per heavy atom. The topological polar surface area (TPSA) is 122 Å². The molecule has 1 aromatic rings. The lowest BCUT2D eigenvalue weighted by Crippen LogP contribution is -2.61. The van der Waals surface area contributed by atoms with Gasteiger partial charge in [-0.1, -0.05) is 5.92 Å². The van der Waals surface area contributed by atoms with E-state index in [1.54, 1.807) is 26.3 Å². The van der Waals surface area contributed by atoms with E-state index in [1.807, 2.05) is 0 Å². The maximum atomic E-state index is 13.2. The summed E-state index contributed by atoms with van der Waals surface area (Å²) in [5.74, 6) is 4.56. The molecule has 2 rings (SSSR count). The summed E-state index contributed by atoms with van der Waals surface area (Å²) >= 11 is 1.45. The average Bonchev–Trinajstić information content (AvgIpc) is 2.66. The first-order valence-electron chi connectivity index (χ1n) is 8.99. The van der Waals surface area contributed by atoms with Crippen molar-refractivity contribution >= 4 is 33.7 Å². The van der Waals surface area contributed by atoms with Crippen LogP contribution in [0.15, 0.2) is 29.2 Å². The minimum Gasteiger partial charge on any atom is -0.444 e. The summed E-state index contributed by atoms with van der Waals surface area (Å²) in [6.45, 7) is 6.40. The molecule has 0 aliphatic carbocycles. The number of carbonyl (C=O) groups is 2. The van der Waals surface area contributed by atoms with Gasteiger partial charge >= 0.3 is 12.3 Å². The number of hydroxylamine groups is 1. The highest BCUT2D eigenvalue weighted by atomic mass is 32.2. The monoisotopic (exact) mass is 456 g/mol. The number of hydrogen-bond acceptors (Lipinski definition) is 8. The molecule has 0 saturated carbocycles. The van der Waals surface area contributed by atoms with Crippen molar-refractivity contribution in [2.75, 3.05) is 12.3 Å². The van der Waals surface area contributed by atoms with Crippen molar-refractivity contribution < 1.29 is 32.7 Å². The first-order chi connectivity index (χ1) is 14.0. The predicted molar refractivity (Wildman–Crippen MR) is 110 cm³/mol. The molecule has 0 spiro atoms. The Labute approximate surface area is 180 Å². The van der Waals surface area contributed by atoms with E-state index in [0.717, 1.165) is 4.31 Å². The molecule has 11 heteroatoms. The Kier molecular flexibility index (Phi) is 7.76. The van der Waals surface area contributed by atoms with Crippen LogP contribution in [0.1, 0.15) is 27.7 Å². The van der Waals surface area contributed by atoms with Gasteiger partial charge in [0.05, 0.1) is 4.90 Å². The molecule has 0 radical (unpaired) electrons. The van der Waals surface area contributed by atoms with Crippen LogP contribution in [-0.4, -0.2) is 59.2 Å². The molecule has 9 nitrogen and oxygen atoms in total. The number of nitrogens with zero attached hydrogens (tertiary/aromatic N) is 1. The second kappa shape index (κ2) is 9.70. The van der Waals surface area contributed by atoms with Crippen molar-refractivity contribution in [3.8, 4) is 17.6 Å². The highest BCUT2D eigenvalue weighted by molar-refractivity contribution is 8.00. The third-order valence-corrected chi connectivity index (χ3v) is 7.53. The Balaban J connectivity index is 2.30. The van der Waals surface area contributed by atoms with Crippen LogP contribution < -0.4 is 10.2 Å². The Bertz CT molecular complexity index is 949. The predicted octanol–water partition coefficient (Wildman–Crippen LogP) is 1.37. The Morgan fingerprint density at radius 1 is 1.33 bits per heavy atom. The molecule has 1 heterocycles. The number of hydrogen-bond donors (Lipinski definition) is 2. The van der Waals surface area contributed by atoms with Crippen molar-refractivity contribution in [3.63, 3.8) is 0 Å². The van der Waals surface area contributed by atoms with E-state index in [2.05, 4.69) is 11.8 Å². The van der Waals surface area contributed by atoms with Crippen LogP contribution >= 0.6 is 11.8 Å². The molecule has 1 fully saturated rings. The SMILES string of the molecule is CC#CC(OC(C)=O)Oc1ccc(S(=O)(=O)N2CCSC(C)(C)[C@@H]2C(=O)NO)cc1. The fraction of sp³-hybridized carbons (Fsp3) is 0.474. The van der Waals surface area contributed by atoms with Crippen molar-refractivity contribution in [3.05, 3.63) is 24.3 Å². The zero-order chi connectivity index (χ0) is 22.5. The molecule has 2 N–H and O–H groups in total. The van der Waals surface area contributed by atoms with Gasteiger partial charge in [-0.05, 0) is 51.0 Å². The van der Waals surface area contributed by atoms with Crippen molar-refractivity contribution in [1.29, 1.82) is 0 Å². The fourth-order valence-electron chi connectivity index (χ4n) is 3.02. The molecule has 30 heavy (non-hydrogen) atoms. The van der Waals surface area contributed by atoms with Crippen molar-refractivity contribution in [1.82, 2.24) is 9.79 Å². The Hall–Kier alpha value is -2.26. The van der Waals surface area contributed by atoms with E-state index in [1.165, 1.54) is 43.0 Å². The van der Waals surface area contributed by atoms with E-state index < -0.39 is 39.0 Å². The molecule has 1 saturated heterocycles. The second-order valence-electron chi connectivity index (χ2n) is 6.87. The summed E-state index contributed by atoms with van der Waals surface area (Å²) in [5.41, 5.74) is 1.57. The molecular weight excluding hydrogens is 432 g/mol. The quantitative estimate of drug-likeness (QED) is 0.216. The van der Waals surface area contributed by atoms with Crippen LogP contribution in [0.25, 0.3) is 0 Å². The van der Waals surface area contributed by atoms with Crippen LogP contribution in [0.2, 0.25) is 0 Å². The number of carbonyl (C=O) groups excluding carboxylic acids is 2. The van der Waals surface area contributed by atoms with Gasteiger partial charge in [0, 0.05) is 24.0 Å². The molecule has 1 amide bonds. The summed E-state index contributed by atoms with van der Waals surface area (Å²) in [7, 11) is -4.03. The molecule has 164 valence electrons. The number of ether oxygens (including phenoxy) is 2. The van der Waals surface area contributed by atoms with Crippen LogP contribution in [0.3, 0.4) is 0 Å². The molecular formula is C19H24N2O7S2. The molecule has 1 unspecified atom stereocenters. The smallest absolute Gasteiger partial charge is 0.308 e.